The minimum atomic E-state index is -4.33. The van der Waals surface area contributed by atoms with Gasteiger partial charge < -0.3 is 10.2 Å². The number of anilines is 1. The molecular formula is C14H18F3N3. The molecule has 20 heavy (non-hydrogen) atoms. The molecule has 110 valence electrons. The normalized spacial score (nSPS) is 27.2. The van der Waals surface area contributed by atoms with Gasteiger partial charge in [0.2, 0.25) is 0 Å². The van der Waals surface area contributed by atoms with Crippen LogP contribution in [0.2, 0.25) is 0 Å². The number of fused-ring (bicyclic) bond motifs is 3. The van der Waals surface area contributed by atoms with Gasteiger partial charge in [0.05, 0.1) is 17.4 Å². The quantitative estimate of drug-likeness (QED) is 0.859. The van der Waals surface area contributed by atoms with E-state index in [0.29, 0.717) is 17.5 Å². The monoisotopic (exact) mass is 285 g/mol. The minimum Gasteiger partial charge on any atom is -0.370 e. The number of aromatic nitrogens is 1. The van der Waals surface area contributed by atoms with Gasteiger partial charge in [-0.3, -0.25) is 4.98 Å². The molecule has 2 atom stereocenters. The van der Waals surface area contributed by atoms with Crippen molar-refractivity contribution < 1.29 is 13.2 Å². The molecule has 2 unspecified atom stereocenters. The minimum absolute atomic E-state index is 0.511. The summed E-state index contributed by atoms with van der Waals surface area (Å²) in [7, 11) is 0. The summed E-state index contributed by atoms with van der Waals surface area (Å²) in [5.74, 6) is 1.02. The molecule has 0 aromatic carbocycles. The van der Waals surface area contributed by atoms with Gasteiger partial charge in [0.25, 0.3) is 0 Å². The number of hydrogen-bond acceptors (Lipinski definition) is 3. The second-order valence-electron chi connectivity index (χ2n) is 5.80. The molecular weight excluding hydrogens is 267 g/mol. The number of nitrogens with one attached hydrogen (secondary N) is 1. The summed E-state index contributed by atoms with van der Waals surface area (Å²) in [5.41, 5.74) is -0.0684. The first-order chi connectivity index (χ1) is 9.52. The first-order valence-corrected chi connectivity index (χ1v) is 7.00. The highest BCUT2D eigenvalue weighted by Gasteiger charge is 2.32. The predicted octanol–water partition coefficient (Wildman–Crippen LogP) is 2.54. The van der Waals surface area contributed by atoms with Crippen molar-refractivity contribution in [2.75, 3.05) is 31.1 Å². The van der Waals surface area contributed by atoms with Gasteiger partial charge in [0.15, 0.2) is 0 Å². The summed E-state index contributed by atoms with van der Waals surface area (Å²) < 4.78 is 38.3. The maximum absolute atomic E-state index is 12.8. The molecule has 2 fully saturated rings. The van der Waals surface area contributed by atoms with Gasteiger partial charge >= 0.3 is 6.18 Å². The van der Waals surface area contributed by atoms with E-state index >= 15 is 0 Å². The molecule has 2 aliphatic heterocycles. The second kappa shape index (κ2) is 5.24. The van der Waals surface area contributed by atoms with Crippen LogP contribution in [0, 0.1) is 11.8 Å². The summed E-state index contributed by atoms with van der Waals surface area (Å²) in [6.07, 6.45) is 0.417. The molecule has 2 bridgehead atoms. The lowest BCUT2D eigenvalue weighted by Crippen LogP contribution is -2.40. The highest BCUT2D eigenvalue weighted by molar-refractivity contribution is 5.47. The third-order valence-corrected chi connectivity index (χ3v) is 4.22. The lowest BCUT2D eigenvalue weighted by atomic mass is 10.0. The Morgan fingerprint density at radius 1 is 1.10 bits per heavy atom. The van der Waals surface area contributed by atoms with Crippen molar-refractivity contribution in [1.82, 2.24) is 10.3 Å². The maximum atomic E-state index is 12.8. The number of nitrogens with zero attached hydrogens (tertiary/aromatic N) is 2. The second-order valence-corrected chi connectivity index (χ2v) is 5.80. The summed E-state index contributed by atoms with van der Waals surface area (Å²) >= 11 is 0. The number of halogens is 3. The van der Waals surface area contributed by atoms with Crippen molar-refractivity contribution in [3.05, 3.63) is 24.0 Å². The predicted molar refractivity (Wildman–Crippen MR) is 70.5 cm³/mol. The number of rotatable bonds is 1. The van der Waals surface area contributed by atoms with Crippen molar-refractivity contribution >= 4 is 5.69 Å². The number of hydrogen-bond donors (Lipinski definition) is 1. The fourth-order valence-electron chi connectivity index (χ4n) is 3.14. The standard InChI is InChI=1S/C14H18F3N3/c15-14(16,17)12-3-13(7-19-6-12)20-8-10-1-2-11(9-20)5-18-4-10/h3,6-7,10-11,18H,1-2,4-5,8-9H2. The van der Waals surface area contributed by atoms with Gasteiger partial charge in [-0.15, -0.1) is 0 Å². The SMILES string of the molecule is FC(F)(F)c1cncc(N2CC3CCC(CNC3)C2)c1. The zero-order valence-corrected chi connectivity index (χ0v) is 11.2. The molecule has 3 nitrogen and oxygen atoms in total. The van der Waals surface area contributed by atoms with Crippen LogP contribution in [0.25, 0.3) is 0 Å². The average molecular weight is 285 g/mol. The topological polar surface area (TPSA) is 28.2 Å². The van der Waals surface area contributed by atoms with E-state index in [2.05, 4.69) is 15.2 Å². The van der Waals surface area contributed by atoms with E-state index in [-0.39, 0.29) is 0 Å². The van der Waals surface area contributed by atoms with Gasteiger partial charge in [-0.05, 0) is 43.8 Å². The molecule has 0 amide bonds. The summed E-state index contributed by atoms with van der Waals surface area (Å²) in [4.78, 5) is 5.85. The Morgan fingerprint density at radius 3 is 2.35 bits per heavy atom. The Balaban J connectivity index is 1.85. The Kier molecular flexibility index (Phi) is 3.58. The van der Waals surface area contributed by atoms with Crippen molar-refractivity contribution in [2.45, 2.75) is 19.0 Å². The van der Waals surface area contributed by atoms with Gasteiger partial charge in [0.1, 0.15) is 0 Å². The molecule has 1 N–H and O–H groups in total. The Hall–Kier alpha value is -1.30. The molecule has 0 radical (unpaired) electrons. The zero-order valence-electron chi connectivity index (χ0n) is 11.2. The van der Waals surface area contributed by atoms with Crippen LogP contribution in [0.3, 0.4) is 0 Å². The van der Waals surface area contributed by atoms with E-state index in [1.165, 1.54) is 6.07 Å². The van der Waals surface area contributed by atoms with Gasteiger partial charge in [-0.2, -0.15) is 13.2 Å². The summed E-state index contributed by atoms with van der Waals surface area (Å²) in [6, 6.07) is 1.22. The molecule has 3 heterocycles. The van der Waals surface area contributed by atoms with Gasteiger partial charge in [0, 0.05) is 19.3 Å². The largest absolute Gasteiger partial charge is 0.417 e. The van der Waals surface area contributed by atoms with Crippen molar-refractivity contribution in [3.63, 3.8) is 0 Å². The van der Waals surface area contributed by atoms with E-state index in [4.69, 9.17) is 0 Å². The highest BCUT2D eigenvalue weighted by Crippen LogP contribution is 2.32. The number of pyridine rings is 1. The van der Waals surface area contributed by atoms with Gasteiger partial charge in [-0.1, -0.05) is 0 Å². The van der Waals surface area contributed by atoms with Crippen molar-refractivity contribution in [3.8, 4) is 0 Å². The van der Waals surface area contributed by atoms with Crippen molar-refractivity contribution in [2.24, 2.45) is 11.8 Å². The summed E-state index contributed by atoms with van der Waals surface area (Å²) in [5, 5.41) is 3.43. The van der Waals surface area contributed by atoms with Gasteiger partial charge in [-0.25, -0.2) is 0 Å². The van der Waals surface area contributed by atoms with E-state index in [1.54, 1.807) is 6.20 Å². The smallest absolute Gasteiger partial charge is 0.370 e. The van der Waals surface area contributed by atoms with Crippen LogP contribution in [0.5, 0.6) is 0 Å². The molecule has 3 rings (SSSR count). The van der Waals surface area contributed by atoms with E-state index in [1.807, 2.05) is 0 Å². The van der Waals surface area contributed by atoms with Crippen LogP contribution in [-0.4, -0.2) is 31.2 Å². The average Bonchev–Trinajstić information content (AvgIpc) is 2.71. The number of alkyl halides is 3. The molecule has 0 saturated carbocycles. The van der Waals surface area contributed by atoms with Crippen LogP contribution in [0.4, 0.5) is 18.9 Å². The third kappa shape index (κ3) is 2.90. The third-order valence-electron chi connectivity index (χ3n) is 4.22. The Bertz CT molecular complexity index is 461. The van der Waals surface area contributed by atoms with Crippen LogP contribution < -0.4 is 10.2 Å². The van der Waals surface area contributed by atoms with E-state index in [9.17, 15) is 13.2 Å². The molecule has 2 saturated heterocycles. The molecule has 0 aliphatic carbocycles. The lowest BCUT2D eigenvalue weighted by Gasteiger charge is -2.31. The molecule has 6 heteroatoms. The maximum Gasteiger partial charge on any atom is 0.417 e. The molecule has 2 aliphatic rings. The molecule has 0 spiro atoms. The lowest BCUT2D eigenvalue weighted by molar-refractivity contribution is -0.137. The first-order valence-electron chi connectivity index (χ1n) is 7.00. The van der Waals surface area contributed by atoms with Crippen molar-refractivity contribution in [1.29, 1.82) is 0 Å². The Morgan fingerprint density at radius 2 is 1.75 bits per heavy atom. The van der Waals surface area contributed by atoms with E-state index < -0.39 is 11.7 Å². The summed E-state index contributed by atoms with van der Waals surface area (Å²) in [6.45, 7) is 3.54. The van der Waals surface area contributed by atoms with Crippen LogP contribution in [0.1, 0.15) is 18.4 Å². The molecule has 1 aromatic heterocycles. The van der Waals surface area contributed by atoms with E-state index in [0.717, 1.165) is 45.2 Å². The first kappa shape index (κ1) is 13.7. The fourth-order valence-corrected chi connectivity index (χ4v) is 3.14. The highest BCUT2D eigenvalue weighted by atomic mass is 19.4. The van der Waals surface area contributed by atoms with Crippen LogP contribution in [0.15, 0.2) is 18.5 Å². The van der Waals surface area contributed by atoms with Crippen LogP contribution in [-0.2, 0) is 6.18 Å². The zero-order chi connectivity index (χ0) is 14.2. The molecule has 1 aromatic rings. The van der Waals surface area contributed by atoms with Crippen LogP contribution >= 0.6 is 0 Å². The fraction of sp³-hybridized carbons (Fsp3) is 0.643. The Labute approximate surface area is 116 Å².